The Morgan fingerprint density at radius 2 is 2.10 bits per heavy atom. The molecule has 1 heterocycles. The molecule has 0 bridgehead atoms. The lowest BCUT2D eigenvalue weighted by molar-refractivity contribution is -0.385. The Labute approximate surface area is 121 Å². The molecule has 1 aromatic heterocycles. The molecule has 110 valence electrons. The van der Waals surface area contributed by atoms with Gasteiger partial charge in [0.2, 0.25) is 0 Å². The number of aryl methyl sites for hydroxylation is 2. The van der Waals surface area contributed by atoms with Crippen LogP contribution in [-0.2, 0) is 19.4 Å². The Hall–Kier alpha value is -2.24. The van der Waals surface area contributed by atoms with Crippen LogP contribution in [0.25, 0.3) is 0 Å². The summed E-state index contributed by atoms with van der Waals surface area (Å²) >= 11 is 0. The van der Waals surface area contributed by atoms with Crippen LogP contribution in [0.2, 0.25) is 0 Å². The fourth-order valence-electron chi connectivity index (χ4n) is 2.96. The molecule has 3 rings (SSSR count). The van der Waals surface area contributed by atoms with Crippen molar-refractivity contribution in [1.29, 1.82) is 0 Å². The third-order valence-electron chi connectivity index (χ3n) is 3.92. The zero-order valence-electron chi connectivity index (χ0n) is 11.8. The maximum absolute atomic E-state index is 13.5. The molecule has 0 aliphatic heterocycles. The molecular weight excluding hydrogens is 273 g/mol. The number of halogens is 1. The maximum atomic E-state index is 13.5. The number of aromatic nitrogens is 2. The number of non-ortho nitro benzene ring substituents is 1. The Balaban J connectivity index is 1.97. The molecule has 0 saturated heterocycles. The summed E-state index contributed by atoms with van der Waals surface area (Å²) in [6, 6.07) is 3.72. The molecule has 0 unspecified atom stereocenters. The van der Waals surface area contributed by atoms with E-state index in [-0.39, 0.29) is 5.69 Å². The third-order valence-corrected chi connectivity index (χ3v) is 3.92. The van der Waals surface area contributed by atoms with Gasteiger partial charge in [-0.05, 0) is 44.2 Å². The van der Waals surface area contributed by atoms with Gasteiger partial charge in [0, 0.05) is 18.3 Å². The zero-order chi connectivity index (χ0) is 15.0. The van der Waals surface area contributed by atoms with Crippen LogP contribution in [0.15, 0.2) is 18.2 Å². The van der Waals surface area contributed by atoms with Crippen molar-refractivity contribution in [3.63, 3.8) is 0 Å². The summed E-state index contributed by atoms with van der Waals surface area (Å²) in [5.41, 5.74) is 2.68. The predicted octanol–water partition coefficient (Wildman–Crippen LogP) is 3.17. The van der Waals surface area contributed by atoms with E-state index in [1.807, 2.05) is 11.5 Å². The van der Waals surface area contributed by atoms with Crippen molar-refractivity contribution in [2.24, 2.45) is 0 Å². The molecule has 0 fully saturated rings. The first-order chi connectivity index (χ1) is 10.0. The second kappa shape index (κ2) is 5.27. The highest BCUT2D eigenvalue weighted by atomic mass is 19.1. The van der Waals surface area contributed by atoms with Gasteiger partial charge in [0.1, 0.15) is 11.6 Å². The minimum absolute atomic E-state index is 0.211. The predicted molar refractivity (Wildman–Crippen MR) is 75.8 cm³/mol. The largest absolute Gasteiger partial charge is 0.328 e. The lowest BCUT2D eigenvalue weighted by atomic mass is 10.0. The molecule has 5 nitrogen and oxygen atoms in total. The van der Waals surface area contributed by atoms with Crippen molar-refractivity contribution in [3.8, 4) is 0 Å². The standard InChI is InChI=1S/C15H16FN3O2/c1-10-17-14-4-2-3-5-15(14)18(10)9-11-6-12(16)8-13(7-11)19(20)21/h6-8H,2-5,9H2,1H3. The number of benzene rings is 1. The van der Waals surface area contributed by atoms with Crippen LogP contribution in [0.5, 0.6) is 0 Å². The van der Waals surface area contributed by atoms with Crippen molar-refractivity contribution in [2.75, 3.05) is 0 Å². The van der Waals surface area contributed by atoms with Crippen molar-refractivity contribution in [2.45, 2.75) is 39.2 Å². The monoisotopic (exact) mass is 289 g/mol. The van der Waals surface area contributed by atoms with E-state index in [1.165, 1.54) is 17.8 Å². The van der Waals surface area contributed by atoms with Crippen LogP contribution >= 0.6 is 0 Å². The van der Waals surface area contributed by atoms with Gasteiger partial charge in [-0.15, -0.1) is 0 Å². The van der Waals surface area contributed by atoms with Gasteiger partial charge in [0.25, 0.3) is 5.69 Å². The quantitative estimate of drug-likeness (QED) is 0.644. The summed E-state index contributed by atoms with van der Waals surface area (Å²) in [4.78, 5) is 14.8. The number of nitro benzene ring substituents is 1. The average Bonchev–Trinajstić information content (AvgIpc) is 2.75. The normalized spacial score (nSPS) is 14.0. The molecule has 0 spiro atoms. The minimum atomic E-state index is -0.578. The van der Waals surface area contributed by atoms with Crippen molar-refractivity contribution in [1.82, 2.24) is 9.55 Å². The van der Waals surface area contributed by atoms with Crippen molar-refractivity contribution < 1.29 is 9.31 Å². The third kappa shape index (κ3) is 2.66. The highest BCUT2D eigenvalue weighted by Crippen LogP contribution is 2.24. The Kier molecular flexibility index (Phi) is 3.45. The number of nitrogens with zero attached hydrogens (tertiary/aromatic N) is 3. The smallest absolute Gasteiger partial charge is 0.272 e. The number of fused-ring (bicyclic) bond motifs is 1. The van der Waals surface area contributed by atoms with Crippen molar-refractivity contribution >= 4 is 5.69 Å². The SMILES string of the molecule is Cc1nc2c(n1Cc1cc(F)cc([N+](=O)[O-])c1)CCCC2. The number of nitro groups is 1. The fraction of sp³-hybridized carbons (Fsp3) is 0.400. The highest BCUT2D eigenvalue weighted by Gasteiger charge is 2.19. The Morgan fingerprint density at radius 1 is 1.33 bits per heavy atom. The van der Waals surface area contributed by atoms with E-state index >= 15 is 0 Å². The second-order valence-electron chi connectivity index (χ2n) is 5.42. The summed E-state index contributed by atoms with van der Waals surface area (Å²) in [7, 11) is 0. The Bertz CT molecular complexity index is 709. The summed E-state index contributed by atoms with van der Waals surface area (Å²) in [6.45, 7) is 2.35. The first kappa shape index (κ1) is 13.7. The van der Waals surface area contributed by atoms with E-state index in [0.29, 0.717) is 12.1 Å². The van der Waals surface area contributed by atoms with Crippen LogP contribution in [0.4, 0.5) is 10.1 Å². The topological polar surface area (TPSA) is 61.0 Å². The molecule has 0 atom stereocenters. The van der Waals surface area contributed by atoms with Crippen LogP contribution in [0.1, 0.15) is 35.6 Å². The molecule has 0 N–H and O–H groups in total. The molecule has 1 aliphatic carbocycles. The van der Waals surface area contributed by atoms with Gasteiger partial charge in [-0.1, -0.05) is 0 Å². The van der Waals surface area contributed by atoms with E-state index in [4.69, 9.17) is 0 Å². The number of rotatable bonds is 3. The lowest BCUT2D eigenvalue weighted by Crippen LogP contribution is -2.10. The molecule has 1 aromatic carbocycles. The van der Waals surface area contributed by atoms with Gasteiger partial charge in [0.05, 0.1) is 16.7 Å². The number of imidazole rings is 1. The average molecular weight is 289 g/mol. The molecule has 2 aromatic rings. The summed E-state index contributed by atoms with van der Waals surface area (Å²) in [5.74, 6) is 0.305. The molecule has 0 amide bonds. The number of hydrogen-bond acceptors (Lipinski definition) is 3. The first-order valence-electron chi connectivity index (χ1n) is 7.03. The Morgan fingerprint density at radius 3 is 2.86 bits per heavy atom. The van der Waals surface area contributed by atoms with Gasteiger partial charge in [-0.3, -0.25) is 10.1 Å². The van der Waals surface area contributed by atoms with Gasteiger partial charge >= 0.3 is 0 Å². The number of hydrogen-bond donors (Lipinski definition) is 0. The van der Waals surface area contributed by atoms with E-state index in [0.717, 1.165) is 43.3 Å². The van der Waals surface area contributed by atoms with E-state index in [2.05, 4.69) is 4.98 Å². The second-order valence-corrected chi connectivity index (χ2v) is 5.42. The lowest BCUT2D eigenvalue weighted by Gasteiger charge is -2.15. The first-order valence-corrected chi connectivity index (χ1v) is 7.03. The maximum Gasteiger partial charge on any atom is 0.272 e. The van der Waals surface area contributed by atoms with E-state index in [9.17, 15) is 14.5 Å². The van der Waals surface area contributed by atoms with Crippen molar-refractivity contribution in [3.05, 3.63) is 56.9 Å². The van der Waals surface area contributed by atoms with Crippen LogP contribution < -0.4 is 0 Å². The van der Waals surface area contributed by atoms with E-state index in [1.54, 1.807) is 0 Å². The van der Waals surface area contributed by atoms with Crippen LogP contribution in [0.3, 0.4) is 0 Å². The molecule has 21 heavy (non-hydrogen) atoms. The van der Waals surface area contributed by atoms with Gasteiger partial charge in [-0.25, -0.2) is 9.37 Å². The minimum Gasteiger partial charge on any atom is -0.328 e. The van der Waals surface area contributed by atoms with E-state index < -0.39 is 10.7 Å². The molecular formula is C15H16FN3O2. The van der Waals surface area contributed by atoms with Gasteiger partial charge in [0.15, 0.2) is 0 Å². The molecule has 0 radical (unpaired) electrons. The molecule has 0 saturated carbocycles. The van der Waals surface area contributed by atoms with Gasteiger partial charge in [-0.2, -0.15) is 0 Å². The zero-order valence-corrected chi connectivity index (χ0v) is 11.8. The highest BCUT2D eigenvalue weighted by molar-refractivity contribution is 5.36. The van der Waals surface area contributed by atoms with Crippen LogP contribution in [0, 0.1) is 22.9 Å². The van der Waals surface area contributed by atoms with Crippen LogP contribution in [-0.4, -0.2) is 14.5 Å². The summed E-state index contributed by atoms with van der Waals surface area (Å²) < 4.78 is 15.6. The summed E-state index contributed by atoms with van der Waals surface area (Å²) in [5, 5.41) is 10.8. The fourth-order valence-corrected chi connectivity index (χ4v) is 2.96. The summed E-state index contributed by atoms with van der Waals surface area (Å²) in [6.07, 6.45) is 4.22. The van der Waals surface area contributed by atoms with Gasteiger partial charge < -0.3 is 4.57 Å². The molecule has 1 aliphatic rings. The molecule has 6 heteroatoms.